The minimum Gasteiger partial charge on any atom is -0.496 e. The number of ether oxygens (including phenoxy) is 1. The van der Waals surface area contributed by atoms with E-state index in [1.807, 2.05) is 24.5 Å². The molecule has 1 aromatic carbocycles. The first kappa shape index (κ1) is 15.0. The Morgan fingerprint density at radius 3 is 2.65 bits per heavy atom. The highest BCUT2D eigenvalue weighted by atomic mass is 79.9. The molecule has 0 amide bonds. The average Bonchev–Trinajstić information content (AvgIpc) is 2.46. The van der Waals surface area contributed by atoms with Crippen LogP contribution in [0.25, 0.3) is 0 Å². The van der Waals surface area contributed by atoms with E-state index in [0.717, 1.165) is 29.7 Å². The third-order valence-electron chi connectivity index (χ3n) is 3.21. The number of aromatic nitrogens is 1. The standard InChI is InChI=1S/C16H19BrN2O/c1-19(10-7-13-5-8-18-9-6-13)12-14-11-15(17)3-4-16(14)20-2/h3-6,8-9,11H,7,10,12H2,1-2H3. The highest BCUT2D eigenvalue weighted by Gasteiger charge is 2.07. The van der Waals surface area contributed by atoms with E-state index in [1.165, 1.54) is 11.1 Å². The van der Waals surface area contributed by atoms with E-state index in [0.29, 0.717) is 0 Å². The predicted octanol–water partition coefficient (Wildman–Crippen LogP) is 3.53. The van der Waals surface area contributed by atoms with E-state index in [4.69, 9.17) is 4.74 Å². The summed E-state index contributed by atoms with van der Waals surface area (Å²) in [6.45, 7) is 1.87. The van der Waals surface area contributed by atoms with Crippen LogP contribution < -0.4 is 4.74 Å². The second-order valence-electron chi connectivity index (χ2n) is 4.80. The molecule has 2 rings (SSSR count). The van der Waals surface area contributed by atoms with Gasteiger partial charge >= 0.3 is 0 Å². The predicted molar refractivity (Wildman–Crippen MR) is 85.0 cm³/mol. The summed E-state index contributed by atoms with van der Waals surface area (Å²) >= 11 is 3.51. The van der Waals surface area contributed by atoms with Gasteiger partial charge in [0.1, 0.15) is 5.75 Å². The fourth-order valence-corrected chi connectivity index (χ4v) is 2.52. The monoisotopic (exact) mass is 334 g/mol. The van der Waals surface area contributed by atoms with Crippen LogP contribution in [0.2, 0.25) is 0 Å². The van der Waals surface area contributed by atoms with Crippen molar-refractivity contribution in [1.82, 2.24) is 9.88 Å². The third-order valence-corrected chi connectivity index (χ3v) is 3.71. The number of hydrogen-bond donors (Lipinski definition) is 0. The first-order chi connectivity index (χ1) is 9.69. The van der Waals surface area contributed by atoms with Crippen LogP contribution in [0, 0.1) is 0 Å². The number of halogens is 1. The van der Waals surface area contributed by atoms with Crippen molar-refractivity contribution in [3.63, 3.8) is 0 Å². The summed E-state index contributed by atoms with van der Waals surface area (Å²) in [6, 6.07) is 10.2. The van der Waals surface area contributed by atoms with E-state index in [2.05, 4.69) is 51.1 Å². The lowest BCUT2D eigenvalue weighted by atomic mass is 10.1. The molecule has 0 unspecified atom stereocenters. The Labute approximate surface area is 128 Å². The van der Waals surface area contributed by atoms with Crippen molar-refractivity contribution >= 4 is 15.9 Å². The molecule has 0 N–H and O–H groups in total. The van der Waals surface area contributed by atoms with Crippen molar-refractivity contribution in [3.05, 3.63) is 58.3 Å². The van der Waals surface area contributed by atoms with E-state index >= 15 is 0 Å². The Hall–Kier alpha value is -1.39. The summed E-state index contributed by atoms with van der Waals surface area (Å²) < 4.78 is 6.49. The number of hydrogen-bond acceptors (Lipinski definition) is 3. The van der Waals surface area contributed by atoms with Gasteiger partial charge in [0.2, 0.25) is 0 Å². The third kappa shape index (κ3) is 4.32. The number of methoxy groups -OCH3 is 1. The second-order valence-corrected chi connectivity index (χ2v) is 5.72. The molecule has 2 aromatic rings. The van der Waals surface area contributed by atoms with Crippen molar-refractivity contribution in [3.8, 4) is 5.75 Å². The molecule has 3 nitrogen and oxygen atoms in total. The van der Waals surface area contributed by atoms with Gasteiger partial charge in [-0.05, 0) is 49.4 Å². The Balaban J connectivity index is 1.94. The van der Waals surface area contributed by atoms with E-state index in [-0.39, 0.29) is 0 Å². The maximum absolute atomic E-state index is 5.41. The molecule has 0 atom stereocenters. The minimum absolute atomic E-state index is 0.869. The van der Waals surface area contributed by atoms with E-state index in [1.54, 1.807) is 7.11 Å². The van der Waals surface area contributed by atoms with Crippen LogP contribution in [0.4, 0.5) is 0 Å². The lowest BCUT2D eigenvalue weighted by Crippen LogP contribution is -2.21. The number of benzene rings is 1. The number of likely N-dealkylation sites (N-methyl/N-ethyl adjacent to an activating group) is 1. The molecule has 106 valence electrons. The second kappa shape index (κ2) is 7.41. The van der Waals surface area contributed by atoms with Crippen LogP contribution in [-0.4, -0.2) is 30.6 Å². The van der Waals surface area contributed by atoms with Gasteiger partial charge in [0.05, 0.1) is 7.11 Å². The molecule has 4 heteroatoms. The van der Waals surface area contributed by atoms with Crippen LogP contribution in [-0.2, 0) is 13.0 Å². The zero-order valence-corrected chi connectivity index (χ0v) is 13.4. The topological polar surface area (TPSA) is 25.4 Å². The van der Waals surface area contributed by atoms with Crippen molar-refractivity contribution < 1.29 is 4.74 Å². The zero-order valence-electron chi connectivity index (χ0n) is 11.8. The van der Waals surface area contributed by atoms with Gasteiger partial charge in [-0.2, -0.15) is 0 Å². The molecule has 1 aromatic heterocycles. The van der Waals surface area contributed by atoms with Crippen LogP contribution in [0.1, 0.15) is 11.1 Å². The first-order valence-electron chi connectivity index (χ1n) is 6.59. The van der Waals surface area contributed by atoms with Gasteiger partial charge in [-0.25, -0.2) is 0 Å². The van der Waals surface area contributed by atoms with E-state index in [9.17, 15) is 0 Å². The molecule has 0 spiro atoms. The van der Waals surface area contributed by atoms with Gasteiger partial charge in [-0.15, -0.1) is 0 Å². The molecular weight excluding hydrogens is 316 g/mol. The van der Waals surface area contributed by atoms with Gasteiger partial charge in [0.15, 0.2) is 0 Å². The summed E-state index contributed by atoms with van der Waals surface area (Å²) in [5.41, 5.74) is 2.51. The summed E-state index contributed by atoms with van der Waals surface area (Å²) in [5, 5.41) is 0. The Morgan fingerprint density at radius 1 is 1.20 bits per heavy atom. The molecule has 0 aliphatic carbocycles. The molecule has 0 saturated carbocycles. The highest BCUT2D eigenvalue weighted by molar-refractivity contribution is 9.10. The molecule has 0 radical (unpaired) electrons. The van der Waals surface area contributed by atoms with Gasteiger partial charge in [-0.3, -0.25) is 4.98 Å². The maximum Gasteiger partial charge on any atom is 0.123 e. The SMILES string of the molecule is COc1ccc(Br)cc1CN(C)CCc1ccncc1. The Kier molecular flexibility index (Phi) is 5.56. The number of pyridine rings is 1. The summed E-state index contributed by atoms with van der Waals surface area (Å²) in [5.74, 6) is 0.934. The Morgan fingerprint density at radius 2 is 1.95 bits per heavy atom. The fourth-order valence-electron chi connectivity index (χ4n) is 2.11. The molecule has 0 aliphatic rings. The van der Waals surface area contributed by atoms with Crippen molar-refractivity contribution in [2.24, 2.45) is 0 Å². The molecule has 0 aliphatic heterocycles. The van der Waals surface area contributed by atoms with Crippen LogP contribution in [0.3, 0.4) is 0 Å². The highest BCUT2D eigenvalue weighted by Crippen LogP contribution is 2.24. The molecule has 0 saturated heterocycles. The molecular formula is C16H19BrN2O. The van der Waals surface area contributed by atoms with Crippen molar-refractivity contribution in [1.29, 1.82) is 0 Å². The molecule has 1 heterocycles. The van der Waals surface area contributed by atoms with Gasteiger partial charge < -0.3 is 9.64 Å². The number of nitrogens with zero attached hydrogens (tertiary/aromatic N) is 2. The average molecular weight is 335 g/mol. The number of rotatable bonds is 6. The van der Waals surface area contributed by atoms with Crippen molar-refractivity contribution in [2.45, 2.75) is 13.0 Å². The molecule has 20 heavy (non-hydrogen) atoms. The van der Waals surface area contributed by atoms with Gasteiger partial charge in [0, 0.05) is 35.5 Å². The van der Waals surface area contributed by atoms with Crippen LogP contribution >= 0.6 is 15.9 Å². The normalized spacial score (nSPS) is 10.8. The quantitative estimate of drug-likeness (QED) is 0.808. The largest absolute Gasteiger partial charge is 0.496 e. The summed E-state index contributed by atoms with van der Waals surface area (Å²) in [7, 11) is 3.84. The zero-order chi connectivity index (χ0) is 14.4. The lowest BCUT2D eigenvalue weighted by molar-refractivity contribution is 0.321. The van der Waals surface area contributed by atoms with E-state index < -0.39 is 0 Å². The molecule has 0 fully saturated rings. The molecule has 0 bridgehead atoms. The minimum atomic E-state index is 0.869. The van der Waals surface area contributed by atoms with Crippen LogP contribution in [0.15, 0.2) is 47.2 Å². The lowest BCUT2D eigenvalue weighted by Gasteiger charge is -2.18. The fraction of sp³-hybridized carbons (Fsp3) is 0.312. The first-order valence-corrected chi connectivity index (χ1v) is 7.38. The summed E-state index contributed by atoms with van der Waals surface area (Å²) in [6.07, 6.45) is 4.70. The van der Waals surface area contributed by atoms with Gasteiger partial charge in [-0.1, -0.05) is 15.9 Å². The summed E-state index contributed by atoms with van der Waals surface area (Å²) in [4.78, 5) is 6.33. The smallest absolute Gasteiger partial charge is 0.123 e. The van der Waals surface area contributed by atoms with Crippen molar-refractivity contribution in [2.75, 3.05) is 20.7 Å². The Bertz CT molecular complexity index is 545. The van der Waals surface area contributed by atoms with Gasteiger partial charge in [0.25, 0.3) is 0 Å². The maximum atomic E-state index is 5.41. The van der Waals surface area contributed by atoms with Crippen LogP contribution in [0.5, 0.6) is 5.75 Å².